The van der Waals surface area contributed by atoms with Gasteiger partial charge in [-0.1, -0.05) is 5.92 Å². The molecule has 0 aromatic heterocycles. The molecule has 1 amide bonds. The van der Waals surface area contributed by atoms with Gasteiger partial charge in [0.2, 0.25) is 0 Å². The molecule has 0 heterocycles. The molecule has 4 heteroatoms. The number of anilines is 1. The second-order valence-corrected chi connectivity index (χ2v) is 2.42. The fourth-order valence-corrected chi connectivity index (χ4v) is 0.937. The lowest BCUT2D eigenvalue weighted by molar-refractivity contribution is 0.0954. The zero-order chi connectivity index (χ0) is 9.84. The summed E-state index contributed by atoms with van der Waals surface area (Å²) in [6, 6.07) is 4.71. The van der Waals surface area contributed by atoms with E-state index in [9.17, 15) is 4.79 Å². The molecule has 0 fully saturated rings. The van der Waals surface area contributed by atoms with Gasteiger partial charge in [0.05, 0.1) is 5.56 Å². The van der Waals surface area contributed by atoms with Crippen molar-refractivity contribution in [2.75, 3.05) is 5.73 Å². The van der Waals surface area contributed by atoms with Crippen molar-refractivity contribution in [3.8, 4) is 12.3 Å². The van der Waals surface area contributed by atoms with E-state index < -0.39 is 5.91 Å². The summed E-state index contributed by atoms with van der Waals surface area (Å²) in [5, 5.41) is 0. The molecule has 1 aromatic rings. The molecule has 0 aliphatic carbocycles. The van der Waals surface area contributed by atoms with E-state index in [0.717, 1.165) is 0 Å². The average molecular weight is 175 g/mol. The number of rotatable bonds is 1. The van der Waals surface area contributed by atoms with Gasteiger partial charge in [0, 0.05) is 11.3 Å². The summed E-state index contributed by atoms with van der Waals surface area (Å²) in [5.74, 6) is 6.93. The second kappa shape index (κ2) is 3.61. The first-order chi connectivity index (χ1) is 6.19. The van der Waals surface area contributed by atoms with Crippen LogP contribution in [0, 0.1) is 12.3 Å². The lowest BCUT2D eigenvalue weighted by Crippen LogP contribution is -2.30. The minimum atomic E-state index is -0.430. The predicted molar refractivity (Wildman–Crippen MR) is 50.4 cm³/mol. The van der Waals surface area contributed by atoms with E-state index >= 15 is 0 Å². The van der Waals surface area contributed by atoms with Crippen LogP contribution in [-0.4, -0.2) is 5.91 Å². The van der Waals surface area contributed by atoms with Gasteiger partial charge in [0.15, 0.2) is 0 Å². The third-order valence-electron chi connectivity index (χ3n) is 1.59. The molecular weight excluding hydrogens is 166 g/mol. The minimum absolute atomic E-state index is 0.318. The predicted octanol–water partition coefficient (Wildman–Crippen LogP) is -0.146. The Morgan fingerprint density at radius 2 is 2.23 bits per heavy atom. The Balaban J connectivity index is 3.14. The molecule has 0 spiro atoms. The third-order valence-corrected chi connectivity index (χ3v) is 1.59. The first-order valence-corrected chi connectivity index (χ1v) is 3.56. The van der Waals surface area contributed by atoms with E-state index in [0.29, 0.717) is 16.8 Å². The molecule has 0 atom stereocenters. The van der Waals surface area contributed by atoms with Crippen LogP contribution in [-0.2, 0) is 0 Å². The molecule has 13 heavy (non-hydrogen) atoms. The third kappa shape index (κ3) is 1.78. The van der Waals surface area contributed by atoms with Crippen LogP contribution in [0.3, 0.4) is 0 Å². The average Bonchev–Trinajstić information content (AvgIpc) is 2.16. The van der Waals surface area contributed by atoms with Crippen LogP contribution in [0.25, 0.3) is 0 Å². The minimum Gasteiger partial charge on any atom is -0.398 e. The van der Waals surface area contributed by atoms with Crippen LogP contribution in [0.2, 0.25) is 0 Å². The van der Waals surface area contributed by atoms with Crippen LogP contribution >= 0.6 is 0 Å². The van der Waals surface area contributed by atoms with Crippen molar-refractivity contribution in [2.24, 2.45) is 5.84 Å². The Labute approximate surface area is 75.9 Å². The lowest BCUT2D eigenvalue weighted by Gasteiger charge is -2.03. The maximum atomic E-state index is 11.1. The summed E-state index contributed by atoms with van der Waals surface area (Å²) < 4.78 is 0. The van der Waals surface area contributed by atoms with E-state index in [-0.39, 0.29) is 0 Å². The highest BCUT2D eigenvalue weighted by atomic mass is 16.2. The van der Waals surface area contributed by atoms with Gasteiger partial charge in [0.25, 0.3) is 5.91 Å². The number of nitrogen functional groups attached to an aromatic ring is 2. The number of hydrogen-bond donors (Lipinski definition) is 3. The van der Waals surface area contributed by atoms with Gasteiger partial charge >= 0.3 is 0 Å². The topological polar surface area (TPSA) is 81.1 Å². The lowest BCUT2D eigenvalue weighted by atomic mass is 10.1. The molecule has 0 bridgehead atoms. The van der Waals surface area contributed by atoms with E-state index in [1.54, 1.807) is 12.1 Å². The summed E-state index contributed by atoms with van der Waals surface area (Å²) >= 11 is 0. The Kier molecular flexibility index (Phi) is 2.52. The molecule has 0 unspecified atom stereocenters. The van der Waals surface area contributed by atoms with Crippen molar-refractivity contribution in [3.05, 3.63) is 29.3 Å². The van der Waals surface area contributed by atoms with Crippen LogP contribution < -0.4 is 17.0 Å². The van der Waals surface area contributed by atoms with E-state index in [1.807, 2.05) is 5.43 Å². The van der Waals surface area contributed by atoms with Gasteiger partial charge < -0.3 is 5.73 Å². The van der Waals surface area contributed by atoms with E-state index in [2.05, 4.69) is 5.92 Å². The molecule has 0 radical (unpaired) electrons. The molecule has 0 saturated carbocycles. The van der Waals surface area contributed by atoms with Crippen molar-refractivity contribution in [1.29, 1.82) is 0 Å². The SMILES string of the molecule is C#Cc1ccc(C(=O)NN)c(N)c1. The number of amides is 1. The van der Waals surface area contributed by atoms with Gasteiger partial charge in [-0.25, -0.2) is 5.84 Å². The van der Waals surface area contributed by atoms with Crippen molar-refractivity contribution >= 4 is 11.6 Å². The number of nitrogens with one attached hydrogen (secondary N) is 1. The molecule has 1 aromatic carbocycles. The van der Waals surface area contributed by atoms with Crippen molar-refractivity contribution < 1.29 is 4.79 Å². The normalized spacial score (nSPS) is 8.92. The molecule has 0 aliphatic heterocycles. The monoisotopic (exact) mass is 175 g/mol. The Bertz CT molecular complexity index is 379. The molecule has 1 rings (SSSR count). The fourth-order valence-electron chi connectivity index (χ4n) is 0.937. The summed E-state index contributed by atoms with van der Waals surface area (Å²) in [6.45, 7) is 0. The molecule has 0 aliphatic rings. The van der Waals surface area contributed by atoms with Crippen LogP contribution in [0.5, 0.6) is 0 Å². The first kappa shape index (κ1) is 9.10. The van der Waals surface area contributed by atoms with E-state index in [4.69, 9.17) is 18.0 Å². The quantitative estimate of drug-likeness (QED) is 0.182. The highest BCUT2D eigenvalue weighted by Gasteiger charge is 2.07. The number of hydrazine groups is 1. The number of carbonyl (C=O) groups excluding carboxylic acids is 1. The summed E-state index contributed by atoms with van der Waals surface area (Å²) in [7, 11) is 0. The maximum Gasteiger partial charge on any atom is 0.267 e. The number of carbonyl (C=O) groups is 1. The molecule has 4 nitrogen and oxygen atoms in total. The zero-order valence-electron chi connectivity index (χ0n) is 6.87. The smallest absolute Gasteiger partial charge is 0.267 e. The van der Waals surface area contributed by atoms with E-state index in [1.165, 1.54) is 6.07 Å². The second-order valence-electron chi connectivity index (χ2n) is 2.42. The Morgan fingerprint density at radius 3 is 2.69 bits per heavy atom. The molecule has 5 N–H and O–H groups in total. The maximum absolute atomic E-state index is 11.1. The van der Waals surface area contributed by atoms with Crippen molar-refractivity contribution in [1.82, 2.24) is 5.43 Å². The number of hydrogen-bond acceptors (Lipinski definition) is 3. The van der Waals surface area contributed by atoms with Gasteiger partial charge in [0.1, 0.15) is 0 Å². The Morgan fingerprint density at radius 1 is 1.54 bits per heavy atom. The summed E-state index contributed by atoms with van der Waals surface area (Å²) in [4.78, 5) is 11.1. The first-order valence-electron chi connectivity index (χ1n) is 3.56. The number of benzene rings is 1. The van der Waals surface area contributed by atoms with Gasteiger partial charge in [-0.05, 0) is 18.2 Å². The van der Waals surface area contributed by atoms with Gasteiger partial charge in [-0.3, -0.25) is 10.2 Å². The standard InChI is InChI=1S/C9H9N3O/c1-2-6-3-4-7(8(10)5-6)9(13)12-11/h1,3-5H,10-11H2,(H,12,13). The molecule has 66 valence electrons. The zero-order valence-corrected chi connectivity index (χ0v) is 6.87. The fraction of sp³-hybridized carbons (Fsp3) is 0. The number of terminal acetylenes is 1. The largest absolute Gasteiger partial charge is 0.398 e. The van der Waals surface area contributed by atoms with Crippen LogP contribution in [0.4, 0.5) is 5.69 Å². The van der Waals surface area contributed by atoms with Gasteiger partial charge in [-0.15, -0.1) is 6.42 Å². The number of nitrogens with two attached hydrogens (primary N) is 2. The summed E-state index contributed by atoms with van der Waals surface area (Å²) in [5.41, 5.74) is 8.82. The van der Waals surface area contributed by atoms with Crippen LogP contribution in [0.1, 0.15) is 15.9 Å². The van der Waals surface area contributed by atoms with Crippen molar-refractivity contribution in [3.63, 3.8) is 0 Å². The summed E-state index contributed by atoms with van der Waals surface area (Å²) in [6.07, 6.45) is 5.15. The van der Waals surface area contributed by atoms with Crippen molar-refractivity contribution in [2.45, 2.75) is 0 Å². The highest BCUT2D eigenvalue weighted by Crippen LogP contribution is 2.13. The van der Waals surface area contributed by atoms with Crippen LogP contribution in [0.15, 0.2) is 18.2 Å². The molecule has 0 saturated heterocycles. The highest BCUT2D eigenvalue weighted by molar-refractivity contribution is 5.98. The molecular formula is C9H9N3O. The van der Waals surface area contributed by atoms with Gasteiger partial charge in [-0.2, -0.15) is 0 Å². The Hall–Kier alpha value is -1.99.